The molecule has 1 unspecified atom stereocenters. The fourth-order valence-corrected chi connectivity index (χ4v) is 5.74. The lowest BCUT2D eigenvalue weighted by molar-refractivity contribution is -0.137. The van der Waals surface area contributed by atoms with Crippen LogP contribution in [0.5, 0.6) is 0 Å². The van der Waals surface area contributed by atoms with E-state index in [1.54, 1.807) is 28.9 Å². The monoisotopic (exact) mass is 595 g/mol. The van der Waals surface area contributed by atoms with Gasteiger partial charge in [0.2, 0.25) is 5.91 Å². The van der Waals surface area contributed by atoms with Gasteiger partial charge in [-0.15, -0.1) is 0 Å². The van der Waals surface area contributed by atoms with Gasteiger partial charge >= 0.3 is 6.18 Å². The second-order valence-electron chi connectivity index (χ2n) is 8.40. The molecule has 3 aromatic rings. The zero-order valence-electron chi connectivity index (χ0n) is 19.2. The fraction of sp³-hybridized carbons (Fsp3) is 0.231. The number of carbonyl (C=O) groups excluding carboxylic acids is 1. The zero-order chi connectivity index (χ0) is 25.9. The van der Waals surface area contributed by atoms with Crippen LogP contribution in [-0.2, 0) is 16.4 Å². The number of amides is 1. The molecule has 0 radical (unpaired) electrons. The summed E-state index contributed by atoms with van der Waals surface area (Å²) in [5.74, 6) is 0.359. The average Bonchev–Trinajstić information content (AvgIpc) is 3.19. The smallest absolute Gasteiger partial charge is 0.324 e. The maximum Gasteiger partial charge on any atom is 0.417 e. The summed E-state index contributed by atoms with van der Waals surface area (Å²) in [6, 6.07) is 20.6. The summed E-state index contributed by atoms with van der Waals surface area (Å²) in [6.45, 7) is 0.372. The Kier molecular flexibility index (Phi) is 8.02. The van der Waals surface area contributed by atoms with Gasteiger partial charge in [-0.1, -0.05) is 63.9 Å². The Bertz CT molecular complexity index is 1270. The van der Waals surface area contributed by atoms with Crippen molar-refractivity contribution in [2.24, 2.45) is 5.10 Å². The first kappa shape index (κ1) is 26.6. The zero-order valence-corrected chi connectivity index (χ0v) is 22.3. The van der Waals surface area contributed by atoms with Gasteiger partial charge < -0.3 is 5.32 Å². The van der Waals surface area contributed by atoms with Crippen molar-refractivity contribution in [1.29, 1.82) is 0 Å². The van der Waals surface area contributed by atoms with Crippen molar-refractivity contribution in [3.8, 4) is 0 Å². The number of carbonyl (C=O) groups is 1. The van der Waals surface area contributed by atoms with Crippen LogP contribution in [0.25, 0.3) is 0 Å². The maximum atomic E-state index is 13.3. The highest BCUT2D eigenvalue weighted by molar-refractivity contribution is 9.10. The number of thioether (sulfide) groups is 1. The van der Waals surface area contributed by atoms with Gasteiger partial charge in [-0.05, 0) is 48.2 Å². The Labute approximate surface area is 225 Å². The van der Waals surface area contributed by atoms with Crippen LogP contribution in [0.1, 0.15) is 16.7 Å². The van der Waals surface area contributed by atoms with Gasteiger partial charge in [0, 0.05) is 21.5 Å². The summed E-state index contributed by atoms with van der Waals surface area (Å²) in [5.41, 5.74) is 1.13. The number of nitrogens with zero attached hydrogens (tertiary/aromatic N) is 2. The molecule has 1 aliphatic rings. The molecule has 4 nitrogen and oxygen atoms in total. The van der Waals surface area contributed by atoms with Crippen molar-refractivity contribution in [3.63, 3.8) is 0 Å². The summed E-state index contributed by atoms with van der Waals surface area (Å²) < 4.78 is 40.9. The molecule has 4 rings (SSSR count). The molecule has 0 fully saturated rings. The number of alkyl halides is 3. The molecule has 0 saturated carbocycles. The molecule has 0 aliphatic carbocycles. The summed E-state index contributed by atoms with van der Waals surface area (Å²) in [6.07, 6.45) is -2.59. The van der Waals surface area contributed by atoms with Crippen molar-refractivity contribution in [2.45, 2.75) is 11.6 Å². The predicted octanol–water partition coefficient (Wildman–Crippen LogP) is 7.08. The van der Waals surface area contributed by atoms with Gasteiger partial charge in [0.15, 0.2) is 0 Å². The minimum atomic E-state index is -4.56. The molecule has 0 aromatic heterocycles. The predicted molar refractivity (Wildman–Crippen MR) is 144 cm³/mol. The van der Waals surface area contributed by atoms with E-state index >= 15 is 0 Å². The van der Waals surface area contributed by atoms with Crippen molar-refractivity contribution in [2.75, 3.05) is 30.4 Å². The van der Waals surface area contributed by atoms with Crippen molar-refractivity contribution in [3.05, 3.63) is 99.0 Å². The third-order valence-corrected chi connectivity index (χ3v) is 7.49. The van der Waals surface area contributed by atoms with Crippen molar-refractivity contribution < 1.29 is 18.0 Å². The molecule has 1 heterocycles. The maximum absolute atomic E-state index is 13.3. The van der Waals surface area contributed by atoms with Gasteiger partial charge in [0.25, 0.3) is 0 Å². The van der Waals surface area contributed by atoms with E-state index in [0.29, 0.717) is 29.3 Å². The van der Waals surface area contributed by atoms with Crippen LogP contribution in [0.3, 0.4) is 0 Å². The van der Waals surface area contributed by atoms with Gasteiger partial charge in [-0.2, -0.15) is 30.0 Å². The van der Waals surface area contributed by atoms with E-state index in [4.69, 9.17) is 16.7 Å². The molecule has 0 bridgehead atoms. The largest absolute Gasteiger partial charge is 0.417 e. The van der Waals surface area contributed by atoms with Gasteiger partial charge in [-0.25, -0.2) is 0 Å². The van der Waals surface area contributed by atoms with Crippen LogP contribution in [-0.4, -0.2) is 41.7 Å². The van der Waals surface area contributed by atoms with Crippen LogP contribution >= 0.6 is 39.3 Å². The minimum Gasteiger partial charge on any atom is -0.324 e. The van der Waals surface area contributed by atoms with E-state index in [9.17, 15) is 18.0 Å². The van der Waals surface area contributed by atoms with E-state index in [2.05, 4.69) is 21.2 Å². The highest BCUT2D eigenvalue weighted by Gasteiger charge is 2.45. The van der Waals surface area contributed by atoms with Crippen molar-refractivity contribution >= 4 is 56.6 Å². The number of halogens is 5. The first-order chi connectivity index (χ1) is 17.1. The third kappa shape index (κ3) is 5.74. The summed E-state index contributed by atoms with van der Waals surface area (Å²) in [4.78, 5) is 12.8. The molecule has 0 spiro atoms. The van der Waals surface area contributed by atoms with E-state index in [0.717, 1.165) is 16.1 Å². The second kappa shape index (κ2) is 10.9. The Morgan fingerprint density at radius 2 is 1.83 bits per heavy atom. The van der Waals surface area contributed by atoms with Crippen LogP contribution in [0.2, 0.25) is 5.02 Å². The first-order valence-electron chi connectivity index (χ1n) is 10.9. The molecule has 1 atom stereocenters. The molecule has 10 heteroatoms. The Morgan fingerprint density at radius 1 is 1.14 bits per heavy atom. The minimum absolute atomic E-state index is 0.0170. The molecule has 3 aromatic carbocycles. The number of hydrogen-bond donors (Lipinski definition) is 1. The molecule has 1 amide bonds. The normalized spacial score (nSPS) is 17.7. The number of hydrazone groups is 1. The molecule has 0 saturated heterocycles. The number of anilines is 1. The molecule has 1 N–H and O–H groups in total. The van der Waals surface area contributed by atoms with Gasteiger partial charge in [-0.3, -0.25) is 9.80 Å². The SMILES string of the molecule is CSCC1(c2ccccc2)CN(CC(=O)Nc2ccc(Br)cc2)N=C1c1ccc(C(F)(F)F)c(Cl)c1. The first-order valence-corrected chi connectivity index (χ1v) is 13.5. The lowest BCUT2D eigenvalue weighted by Gasteiger charge is -2.31. The van der Waals surface area contributed by atoms with Crippen LogP contribution in [0.15, 0.2) is 82.4 Å². The quantitative estimate of drug-likeness (QED) is 0.317. The second-order valence-corrected chi connectivity index (χ2v) is 10.6. The lowest BCUT2D eigenvalue weighted by Crippen LogP contribution is -2.42. The molecular formula is C26H22BrClF3N3OS. The molecule has 36 heavy (non-hydrogen) atoms. The van der Waals surface area contributed by atoms with E-state index in [1.807, 2.05) is 48.7 Å². The summed E-state index contributed by atoms with van der Waals surface area (Å²) in [7, 11) is 0. The molecule has 188 valence electrons. The Balaban J connectivity index is 1.70. The van der Waals surface area contributed by atoms with E-state index in [1.165, 1.54) is 12.1 Å². The van der Waals surface area contributed by atoms with E-state index < -0.39 is 17.2 Å². The molecular weight excluding hydrogens is 575 g/mol. The average molecular weight is 597 g/mol. The molecule has 1 aliphatic heterocycles. The highest BCUT2D eigenvalue weighted by atomic mass is 79.9. The Hall–Kier alpha value is -2.49. The van der Waals surface area contributed by atoms with E-state index in [-0.39, 0.29) is 17.5 Å². The van der Waals surface area contributed by atoms with Crippen LogP contribution < -0.4 is 5.32 Å². The van der Waals surface area contributed by atoms with Crippen LogP contribution in [0.4, 0.5) is 18.9 Å². The summed E-state index contributed by atoms with van der Waals surface area (Å²) in [5, 5.41) is 8.90. The van der Waals surface area contributed by atoms with Crippen LogP contribution in [0, 0.1) is 0 Å². The number of rotatable bonds is 7. The van der Waals surface area contributed by atoms with Gasteiger partial charge in [0.1, 0.15) is 6.54 Å². The topological polar surface area (TPSA) is 44.7 Å². The fourth-order valence-electron chi connectivity index (χ4n) is 4.30. The lowest BCUT2D eigenvalue weighted by atomic mass is 9.76. The number of hydrogen-bond acceptors (Lipinski definition) is 4. The Morgan fingerprint density at radius 3 is 2.44 bits per heavy atom. The number of benzene rings is 3. The highest BCUT2D eigenvalue weighted by Crippen LogP contribution is 2.40. The number of nitrogens with one attached hydrogen (secondary N) is 1. The standard InChI is InChI=1S/C26H22BrClF3N3OS/c1-36-16-25(18-5-3-2-4-6-18)15-34(14-23(35)32-20-10-8-19(27)9-11-20)33-24(25)17-7-12-21(22(28)13-17)26(29,30)31/h2-13H,14-16H2,1H3,(H,32,35). The van der Waals surface area contributed by atoms with Crippen molar-refractivity contribution in [1.82, 2.24) is 5.01 Å². The van der Waals surface area contributed by atoms with Gasteiger partial charge in [0.05, 0.1) is 28.3 Å². The summed E-state index contributed by atoms with van der Waals surface area (Å²) >= 11 is 11.0. The third-order valence-electron chi connectivity index (χ3n) is 5.87.